The number of rotatable bonds is 3. The van der Waals surface area contributed by atoms with E-state index in [0.29, 0.717) is 4.88 Å². The van der Waals surface area contributed by atoms with Crippen molar-refractivity contribution in [3.05, 3.63) is 20.8 Å². The number of amides is 1. The summed E-state index contributed by atoms with van der Waals surface area (Å²) in [6, 6.07) is 1.73. The number of carbonyl (C=O) groups is 2. The molecule has 1 amide bonds. The van der Waals surface area contributed by atoms with E-state index in [0.717, 1.165) is 4.47 Å². The van der Waals surface area contributed by atoms with Crippen molar-refractivity contribution in [2.75, 3.05) is 6.54 Å². The van der Waals surface area contributed by atoms with Gasteiger partial charge in [-0.3, -0.25) is 4.79 Å². The summed E-state index contributed by atoms with van der Waals surface area (Å²) in [6.07, 6.45) is -0.582. The second-order valence-corrected chi connectivity index (χ2v) is 6.23. The fourth-order valence-corrected chi connectivity index (χ4v) is 2.38. The van der Waals surface area contributed by atoms with Gasteiger partial charge in [0.25, 0.3) is 0 Å². The molecule has 1 rings (SSSR count). The first-order chi connectivity index (χ1) is 7.78. The molecule has 6 heteroatoms. The largest absolute Gasteiger partial charge is 0.444 e. The number of halogens is 1. The number of nitrogens with one attached hydrogen (secondary N) is 1. The highest BCUT2D eigenvalue weighted by molar-refractivity contribution is 9.10. The molecule has 0 saturated heterocycles. The molecule has 17 heavy (non-hydrogen) atoms. The summed E-state index contributed by atoms with van der Waals surface area (Å²) in [5, 5.41) is 4.25. The molecule has 0 aliphatic rings. The smallest absolute Gasteiger partial charge is 0.408 e. The van der Waals surface area contributed by atoms with Gasteiger partial charge in [-0.25, -0.2) is 4.79 Å². The molecule has 0 atom stereocenters. The van der Waals surface area contributed by atoms with E-state index in [4.69, 9.17) is 4.74 Å². The lowest BCUT2D eigenvalue weighted by molar-refractivity contribution is 0.0520. The van der Waals surface area contributed by atoms with E-state index in [1.165, 1.54) is 11.3 Å². The van der Waals surface area contributed by atoms with Crippen molar-refractivity contribution >= 4 is 39.1 Å². The van der Waals surface area contributed by atoms with Crippen LogP contribution in [0.5, 0.6) is 0 Å². The molecule has 1 aromatic rings. The quantitative estimate of drug-likeness (QED) is 0.870. The van der Waals surface area contributed by atoms with E-state index in [-0.39, 0.29) is 12.3 Å². The molecule has 0 aliphatic heterocycles. The topological polar surface area (TPSA) is 55.4 Å². The fraction of sp³-hybridized carbons (Fsp3) is 0.455. The third kappa shape index (κ3) is 5.32. The van der Waals surface area contributed by atoms with Crippen LogP contribution in [0.3, 0.4) is 0 Å². The van der Waals surface area contributed by atoms with Gasteiger partial charge in [0.2, 0.25) is 0 Å². The summed E-state index contributed by atoms with van der Waals surface area (Å²) in [5.41, 5.74) is -0.556. The SMILES string of the molecule is CC(C)(C)OC(=O)NCC(=O)c1cc(Br)cs1. The number of thiophene rings is 1. The zero-order chi connectivity index (χ0) is 13.1. The van der Waals surface area contributed by atoms with Crippen LogP contribution in [-0.4, -0.2) is 24.0 Å². The highest BCUT2D eigenvalue weighted by atomic mass is 79.9. The fourth-order valence-electron chi connectivity index (χ4n) is 1.01. The number of hydrogen-bond donors (Lipinski definition) is 1. The van der Waals surface area contributed by atoms with Gasteiger partial charge < -0.3 is 10.1 Å². The van der Waals surface area contributed by atoms with Crippen molar-refractivity contribution in [3.8, 4) is 0 Å². The minimum Gasteiger partial charge on any atom is -0.444 e. The molecule has 1 N–H and O–H groups in total. The molecule has 0 unspecified atom stereocenters. The molecule has 94 valence electrons. The standard InChI is InChI=1S/C11H14BrNO3S/c1-11(2,3)16-10(15)13-5-8(14)9-4-7(12)6-17-9/h4,6H,5H2,1-3H3,(H,13,15). The predicted molar refractivity (Wildman–Crippen MR) is 70.6 cm³/mol. The molecule has 1 aromatic heterocycles. The molecule has 4 nitrogen and oxygen atoms in total. The Balaban J connectivity index is 2.41. The Morgan fingerprint density at radius 1 is 1.47 bits per heavy atom. The van der Waals surface area contributed by atoms with Crippen LogP contribution in [0.4, 0.5) is 4.79 Å². The Morgan fingerprint density at radius 3 is 2.59 bits per heavy atom. The van der Waals surface area contributed by atoms with E-state index in [2.05, 4.69) is 21.2 Å². The van der Waals surface area contributed by atoms with E-state index >= 15 is 0 Å². The molecule has 0 spiro atoms. The molecule has 0 saturated carbocycles. The number of alkyl carbamates (subject to hydrolysis) is 1. The Kier molecular flexibility index (Phi) is 4.70. The van der Waals surface area contributed by atoms with Crippen LogP contribution >= 0.6 is 27.3 Å². The number of carbonyl (C=O) groups excluding carboxylic acids is 2. The number of Topliss-reactive ketones (excluding diaryl/α,β-unsaturated/α-hetero) is 1. The van der Waals surface area contributed by atoms with Crippen molar-refractivity contribution in [1.29, 1.82) is 0 Å². The maximum Gasteiger partial charge on any atom is 0.408 e. The zero-order valence-electron chi connectivity index (χ0n) is 9.87. The normalized spacial score (nSPS) is 11.1. The summed E-state index contributed by atoms with van der Waals surface area (Å²) < 4.78 is 5.89. The molecule has 0 fully saturated rings. The molecular formula is C11H14BrNO3S. The Bertz CT molecular complexity index is 423. The van der Waals surface area contributed by atoms with E-state index < -0.39 is 11.7 Å². The van der Waals surface area contributed by atoms with Crippen LogP contribution in [-0.2, 0) is 4.74 Å². The molecule has 1 heterocycles. The van der Waals surface area contributed by atoms with Crippen LogP contribution in [0.25, 0.3) is 0 Å². The zero-order valence-corrected chi connectivity index (χ0v) is 12.3. The number of ether oxygens (including phenoxy) is 1. The minimum absolute atomic E-state index is 0.0537. The van der Waals surface area contributed by atoms with Crippen LogP contribution in [0, 0.1) is 0 Å². The highest BCUT2D eigenvalue weighted by Crippen LogP contribution is 2.19. The molecule has 0 aromatic carbocycles. The van der Waals surface area contributed by atoms with Crippen LogP contribution in [0.1, 0.15) is 30.4 Å². The lowest BCUT2D eigenvalue weighted by Crippen LogP contribution is -2.35. The maximum atomic E-state index is 11.6. The van der Waals surface area contributed by atoms with Crippen LogP contribution < -0.4 is 5.32 Å². The van der Waals surface area contributed by atoms with Gasteiger partial charge in [0, 0.05) is 9.85 Å². The highest BCUT2D eigenvalue weighted by Gasteiger charge is 2.17. The van der Waals surface area contributed by atoms with Gasteiger partial charge in [0.05, 0.1) is 11.4 Å². The third-order valence-corrected chi connectivity index (χ3v) is 3.37. The molecular weight excluding hydrogens is 306 g/mol. The monoisotopic (exact) mass is 319 g/mol. The Hall–Kier alpha value is -0.880. The van der Waals surface area contributed by atoms with Gasteiger partial charge in [0.1, 0.15) is 5.60 Å². The molecule has 0 aliphatic carbocycles. The second-order valence-electron chi connectivity index (χ2n) is 4.41. The summed E-state index contributed by atoms with van der Waals surface area (Å²) in [7, 11) is 0. The average molecular weight is 320 g/mol. The van der Waals surface area contributed by atoms with Crippen molar-refractivity contribution in [3.63, 3.8) is 0 Å². The lowest BCUT2D eigenvalue weighted by Gasteiger charge is -2.19. The van der Waals surface area contributed by atoms with Gasteiger partial charge in [-0.05, 0) is 42.8 Å². The summed E-state index contributed by atoms with van der Waals surface area (Å²) in [6.45, 7) is 5.25. The first-order valence-electron chi connectivity index (χ1n) is 5.02. The van der Waals surface area contributed by atoms with Gasteiger partial charge in [-0.15, -0.1) is 11.3 Å². The average Bonchev–Trinajstić information content (AvgIpc) is 2.58. The minimum atomic E-state index is -0.582. The van der Waals surface area contributed by atoms with Gasteiger partial charge in [0.15, 0.2) is 5.78 Å². The first kappa shape index (κ1) is 14.2. The van der Waals surface area contributed by atoms with Crippen LogP contribution in [0.2, 0.25) is 0 Å². The number of hydrogen-bond acceptors (Lipinski definition) is 4. The van der Waals surface area contributed by atoms with E-state index in [1.54, 1.807) is 26.8 Å². The molecule has 0 radical (unpaired) electrons. The number of ketones is 1. The van der Waals surface area contributed by atoms with Gasteiger partial charge in [-0.1, -0.05) is 0 Å². The summed E-state index contributed by atoms with van der Waals surface area (Å²) >= 11 is 4.60. The van der Waals surface area contributed by atoms with E-state index in [1.807, 2.05) is 5.38 Å². The van der Waals surface area contributed by atoms with Crippen molar-refractivity contribution in [1.82, 2.24) is 5.32 Å². The van der Waals surface area contributed by atoms with Crippen LogP contribution in [0.15, 0.2) is 15.9 Å². The first-order valence-corrected chi connectivity index (χ1v) is 6.69. The third-order valence-electron chi connectivity index (χ3n) is 1.63. The summed E-state index contributed by atoms with van der Waals surface area (Å²) in [5.74, 6) is -0.133. The van der Waals surface area contributed by atoms with Crippen molar-refractivity contribution < 1.29 is 14.3 Å². The van der Waals surface area contributed by atoms with Gasteiger partial charge in [-0.2, -0.15) is 0 Å². The Labute approximate surface area is 112 Å². The van der Waals surface area contributed by atoms with Gasteiger partial charge >= 0.3 is 6.09 Å². The maximum absolute atomic E-state index is 11.6. The lowest BCUT2D eigenvalue weighted by atomic mass is 10.2. The Morgan fingerprint density at radius 2 is 2.12 bits per heavy atom. The second kappa shape index (κ2) is 5.64. The van der Waals surface area contributed by atoms with E-state index in [9.17, 15) is 9.59 Å². The van der Waals surface area contributed by atoms with Crippen molar-refractivity contribution in [2.45, 2.75) is 26.4 Å². The van der Waals surface area contributed by atoms with Crippen molar-refractivity contribution in [2.24, 2.45) is 0 Å². The predicted octanol–water partition coefficient (Wildman–Crippen LogP) is 3.22. The molecule has 0 bridgehead atoms. The summed E-state index contributed by atoms with van der Waals surface area (Å²) in [4.78, 5) is 23.6.